The number of hydrogen-bond acceptors (Lipinski definition) is 15. The van der Waals surface area contributed by atoms with Crippen molar-refractivity contribution in [2.45, 2.75) is 471 Å². The van der Waals surface area contributed by atoms with Crippen LogP contribution >= 0.6 is 15.6 Å². The lowest BCUT2D eigenvalue weighted by atomic mass is 9.99. The predicted molar refractivity (Wildman–Crippen MR) is 428 cm³/mol. The van der Waals surface area contributed by atoms with Gasteiger partial charge in [0.25, 0.3) is 0 Å². The molecule has 0 saturated heterocycles. The first-order valence-electron chi connectivity index (χ1n) is 44.0. The molecule has 0 spiro atoms. The molecule has 0 aliphatic rings. The highest BCUT2D eigenvalue weighted by atomic mass is 31.2. The highest BCUT2D eigenvalue weighted by molar-refractivity contribution is 7.47. The topological polar surface area (TPSA) is 237 Å². The molecule has 0 aromatic rings. The third-order valence-electron chi connectivity index (χ3n) is 20.3. The van der Waals surface area contributed by atoms with Crippen LogP contribution in [0, 0.1) is 11.8 Å². The maximum absolute atomic E-state index is 13.1. The highest BCUT2D eigenvalue weighted by Gasteiger charge is 2.30. The van der Waals surface area contributed by atoms with Crippen LogP contribution < -0.4 is 0 Å². The molecule has 0 aliphatic carbocycles. The van der Waals surface area contributed by atoms with Crippen molar-refractivity contribution in [2.75, 3.05) is 39.6 Å². The number of aliphatic hydroxyl groups excluding tert-OH is 1. The lowest BCUT2D eigenvalue weighted by Crippen LogP contribution is -2.30. The molecule has 0 rings (SSSR count). The van der Waals surface area contributed by atoms with Gasteiger partial charge in [0.1, 0.15) is 19.3 Å². The molecule has 0 aromatic carbocycles. The lowest BCUT2D eigenvalue weighted by molar-refractivity contribution is -0.161. The van der Waals surface area contributed by atoms with Gasteiger partial charge in [0.15, 0.2) is 12.2 Å². The minimum atomic E-state index is -4.97. The first-order chi connectivity index (χ1) is 50.4. The van der Waals surface area contributed by atoms with Gasteiger partial charge in [-0.15, -0.1) is 0 Å². The van der Waals surface area contributed by atoms with E-state index in [9.17, 15) is 43.2 Å². The van der Waals surface area contributed by atoms with Crippen LogP contribution in [-0.2, 0) is 65.4 Å². The standard InChI is InChI=1S/C85H166O17P2/c1-7-10-12-14-16-18-20-21-22-23-27-30-33-37-44-50-56-62-68-83(88)96-74-80(101-84(89)69-63-57-51-45-38-34-31-28-25-24-26-29-32-36-42-48-54-60-66-78(6)9-3)75-99-103(91,92)97-71-79(86)72-98-104(93,94)100-76-81(73-95-82(87)67-61-55-49-43-35-19-17-15-13-11-8-2)102-85(90)70-64-58-52-46-40-39-41-47-53-59-65-77(4)5/h77-81,86H,7-76H2,1-6H3,(H,91,92)(H,93,94)/t78?,79-,80-,81-/m1/s1. The maximum atomic E-state index is 13.1. The fraction of sp³-hybridized carbons (Fsp3) is 0.953. The van der Waals surface area contributed by atoms with Crippen LogP contribution in [0.5, 0.6) is 0 Å². The van der Waals surface area contributed by atoms with Gasteiger partial charge in [-0.05, 0) is 37.5 Å². The van der Waals surface area contributed by atoms with Crippen molar-refractivity contribution >= 4 is 39.5 Å². The Balaban J connectivity index is 5.22. The molecular formula is C85H166O17P2. The van der Waals surface area contributed by atoms with Crippen LogP contribution in [-0.4, -0.2) is 96.7 Å². The fourth-order valence-corrected chi connectivity index (χ4v) is 14.8. The third kappa shape index (κ3) is 76.8. The third-order valence-corrected chi connectivity index (χ3v) is 22.2. The largest absolute Gasteiger partial charge is 0.472 e. The Morgan fingerprint density at radius 1 is 0.279 bits per heavy atom. The number of rotatable bonds is 84. The van der Waals surface area contributed by atoms with E-state index < -0.39 is 97.5 Å². The number of esters is 4. The molecule has 0 aromatic heterocycles. The minimum Gasteiger partial charge on any atom is -0.462 e. The zero-order valence-electron chi connectivity index (χ0n) is 68.3. The average Bonchev–Trinajstić information content (AvgIpc) is 0.906. The summed E-state index contributed by atoms with van der Waals surface area (Å²) in [6.07, 6.45) is 68.0. The summed E-state index contributed by atoms with van der Waals surface area (Å²) in [4.78, 5) is 73.2. The predicted octanol–water partition coefficient (Wildman–Crippen LogP) is 25.8. The average molecular weight is 1520 g/mol. The van der Waals surface area contributed by atoms with Gasteiger partial charge in [-0.2, -0.15) is 0 Å². The van der Waals surface area contributed by atoms with Crippen molar-refractivity contribution < 1.29 is 80.2 Å². The van der Waals surface area contributed by atoms with Crippen LogP contribution in [0.25, 0.3) is 0 Å². The van der Waals surface area contributed by atoms with E-state index in [0.717, 1.165) is 102 Å². The molecule has 0 aliphatic heterocycles. The smallest absolute Gasteiger partial charge is 0.462 e. The molecule has 6 atom stereocenters. The van der Waals surface area contributed by atoms with E-state index in [2.05, 4.69) is 41.5 Å². The van der Waals surface area contributed by atoms with Gasteiger partial charge in [0.05, 0.1) is 26.4 Å². The fourth-order valence-electron chi connectivity index (χ4n) is 13.2. The summed E-state index contributed by atoms with van der Waals surface area (Å²) in [5.41, 5.74) is 0. The molecule has 3 unspecified atom stereocenters. The number of unbranched alkanes of at least 4 members (excludes halogenated alkanes) is 53. The van der Waals surface area contributed by atoms with Gasteiger partial charge in [-0.25, -0.2) is 9.13 Å². The Bertz CT molecular complexity index is 2000. The van der Waals surface area contributed by atoms with Gasteiger partial charge in [0, 0.05) is 25.7 Å². The van der Waals surface area contributed by atoms with Crippen molar-refractivity contribution in [2.24, 2.45) is 11.8 Å². The monoisotopic (exact) mass is 1520 g/mol. The molecule has 19 heteroatoms. The first-order valence-corrected chi connectivity index (χ1v) is 47.0. The molecule has 0 saturated carbocycles. The number of aliphatic hydroxyl groups is 1. The summed E-state index contributed by atoms with van der Waals surface area (Å²) in [7, 11) is -9.92. The molecule has 0 fully saturated rings. The summed E-state index contributed by atoms with van der Waals surface area (Å²) in [5.74, 6) is -0.480. The molecule has 0 amide bonds. The van der Waals surface area contributed by atoms with E-state index in [-0.39, 0.29) is 25.7 Å². The van der Waals surface area contributed by atoms with E-state index >= 15 is 0 Å². The Morgan fingerprint density at radius 3 is 0.731 bits per heavy atom. The van der Waals surface area contributed by atoms with Gasteiger partial charge >= 0.3 is 39.5 Å². The second-order valence-corrected chi connectivity index (χ2v) is 34.2. The maximum Gasteiger partial charge on any atom is 0.472 e. The SMILES string of the molecule is CCCCCCCCCCCCCCCCCCCCC(=O)OC[C@H](COP(=O)(O)OC[C@@H](O)COP(=O)(O)OC[C@@H](COC(=O)CCCCCCCCCCCCC)OC(=O)CCCCCCCCCCCCC(C)C)OC(=O)CCCCCCCCCCCCCCCCCCCCC(C)CC. The summed E-state index contributed by atoms with van der Waals surface area (Å²) in [6, 6.07) is 0. The van der Waals surface area contributed by atoms with Crippen molar-refractivity contribution in [1.82, 2.24) is 0 Å². The number of carbonyl (C=O) groups excluding carboxylic acids is 4. The molecule has 0 bridgehead atoms. The summed E-state index contributed by atoms with van der Waals surface area (Å²) in [6.45, 7) is 9.72. The first kappa shape index (κ1) is 102. The molecule has 17 nitrogen and oxygen atoms in total. The Labute approximate surface area is 638 Å². The second-order valence-electron chi connectivity index (χ2n) is 31.3. The van der Waals surface area contributed by atoms with E-state index in [1.54, 1.807) is 0 Å². The van der Waals surface area contributed by atoms with Crippen molar-refractivity contribution in [3.8, 4) is 0 Å². The molecule has 0 radical (unpaired) electrons. The molecule has 0 heterocycles. The van der Waals surface area contributed by atoms with E-state index in [0.29, 0.717) is 25.7 Å². The number of ether oxygens (including phenoxy) is 4. The van der Waals surface area contributed by atoms with Crippen LogP contribution in [0.1, 0.15) is 452 Å². The summed E-state index contributed by atoms with van der Waals surface area (Å²) in [5, 5.41) is 10.7. The van der Waals surface area contributed by atoms with Crippen LogP contribution in [0.2, 0.25) is 0 Å². The quantitative estimate of drug-likeness (QED) is 0.0222. The second kappa shape index (κ2) is 76.4. The van der Waals surface area contributed by atoms with Gasteiger partial charge in [0.2, 0.25) is 0 Å². The highest BCUT2D eigenvalue weighted by Crippen LogP contribution is 2.45. The van der Waals surface area contributed by atoms with Crippen LogP contribution in [0.15, 0.2) is 0 Å². The molecule has 618 valence electrons. The van der Waals surface area contributed by atoms with Crippen LogP contribution in [0.4, 0.5) is 0 Å². The Hall–Kier alpha value is -1.94. The van der Waals surface area contributed by atoms with Gasteiger partial charge < -0.3 is 33.8 Å². The van der Waals surface area contributed by atoms with Crippen LogP contribution in [0.3, 0.4) is 0 Å². The van der Waals surface area contributed by atoms with Gasteiger partial charge in [-0.3, -0.25) is 37.3 Å². The zero-order valence-corrected chi connectivity index (χ0v) is 70.1. The van der Waals surface area contributed by atoms with Crippen molar-refractivity contribution in [3.05, 3.63) is 0 Å². The van der Waals surface area contributed by atoms with E-state index in [1.807, 2.05) is 0 Å². The summed E-state index contributed by atoms with van der Waals surface area (Å²) < 4.78 is 68.8. The molecule has 3 N–H and O–H groups in total. The summed E-state index contributed by atoms with van der Waals surface area (Å²) >= 11 is 0. The van der Waals surface area contributed by atoms with Gasteiger partial charge in [-0.1, -0.05) is 401 Å². The Morgan fingerprint density at radius 2 is 0.490 bits per heavy atom. The Kier molecular flexibility index (Phi) is 75.0. The number of phosphoric acid groups is 2. The van der Waals surface area contributed by atoms with Crippen molar-refractivity contribution in [3.63, 3.8) is 0 Å². The lowest BCUT2D eigenvalue weighted by Gasteiger charge is -2.21. The molecular weight excluding hydrogens is 1350 g/mol. The normalized spacial score (nSPS) is 14.1. The molecule has 104 heavy (non-hydrogen) atoms. The number of phosphoric ester groups is 2. The van der Waals surface area contributed by atoms with Crippen molar-refractivity contribution in [1.29, 1.82) is 0 Å². The number of carbonyl (C=O) groups is 4. The number of hydrogen-bond donors (Lipinski definition) is 3. The zero-order chi connectivity index (χ0) is 76.4. The van der Waals surface area contributed by atoms with E-state index in [4.69, 9.17) is 37.0 Å². The van der Waals surface area contributed by atoms with E-state index in [1.165, 1.54) is 270 Å². The minimum absolute atomic E-state index is 0.107.